The van der Waals surface area contributed by atoms with Gasteiger partial charge in [0.25, 0.3) is 0 Å². The average Bonchev–Trinajstić information content (AvgIpc) is 3.44. The molecule has 1 aromatic carbocycles. The molecule has 0 saturated heterocycles. The largest absolute Gasteiger partial charge is 0.393 e. The number of nitrogens with zero attached hydrogens (tertiary/aromatic N) is 6. The summed E-state index contributed by atoms with van der Waals surface area (Å²) in [6.45, 7) is 0. The third-order valence-electron chi connectivity index (χ3n) is 5.79. The zero-order valence-corrected chi connectivity index (χ0v) is 16.9. The van der Waals surface area contributed by atoms with Gasteiger partial charge in [-0.3, -0.25) is 9.36 Å². The highest BCUT2D eigenvalue weighted by Crippen LogP contribution is 2.30. The molecule has 1 saturated carbocycles. The zero-order valence-electron chi connectivity index (χ0n) is 16.9. The number of benzene rings is 1. The number of aliphatic hydroxyl groups is 1. The maximum Gasteiger partial charge on any atom is 0.159 e. The highest BCUT2D eigenvalue weighted by atomic mass is 16.3. The molecule has 30 heavy (non-hydrogen) atoms. The highest BCUT2D eigenvalue weighted by Gasteiger charge is 2.21. The van der Waals surface area contributed by atoms with Crippen LogP contribution in [0.5, 0.6) is 0 Å². The van der Waals surface area contributed by atoms with Crippen LogP contribution in [0.4, 0.5) is 0 Å². The summed E-state index contributed by atoms with van der Waals surface area (Å²) in [6, 6.07) is 8.54. The van der Waals surface area contributed by atoms with Crippen molar-refractivity contribution >= 4 is 0 Å². The van der Waals surface area contributed by atoms with Gasteiger partial charge in [-0.1, -0.05) is 18.2 Å². The van der Waals surface area contributed by atoms with Gasteiger partial charge in [-0.15, -0.1) is 0 Å². The van der Waals surface area contributed by atoms with Crippen molar-refractivity contribution in [3.05, 3.63) is 61.4 Å². The van der Waals surface area contributed by atoms with Crippen molar-refractivity contribution in [3.8, 4) is 33.6 Å². The van der Waals surface area contributed by atoms with Crippen molar-refractivity contribution in [2.45, 2.75) is 37.8 Å². The maximum atomic E-state index is 9.71. The summed E-state index contributed by atoms with van der Waals surface area (Å²) in [7, 11) is 1.91. The molecule has 1 aliphatic rings. The fraction of sp³-hybridized carbons (Fsp3) is 0.304. The van der Waals surface area contributed by atoms with Crippen LogP contribution in [0.2, 0.25) is 0 Å². The number of aromatic nitrogens is 6. The average molecular weight is 400 g/mol. The standard InChI is InChI=1S/C23H24N6O/c1-28-14-19(12-26-28)16-3-2-4-17(9-16)23-24-10-18(11-25-23)20-13-27-29(15-20)21-5-7-22(30)8-6-21/h2-4,9-15,21-22,30H,5-8H2,1H3/t21-,22-. The van der Waals surface area contributed by atoms with Gasteiger partial charge in [0.15, 0.2) is 5.82 Å². The second kappa shape index (κ2) is 7.84. The fourth-order valence-electron chi connectivity index (χ4n) is 4.04. The lowest BCUT2D eigenvalue weighted by Crippen LogP contribution is -2.21. The van der Waals surface area contributed by atoms with E-state index in [1.165, 1.54) is 0 Å². The van der Waals surface area contributed by atoms with Gasteiger partial charge in [-0.25, -0.2) is 9.97 Å². The van der Waals surface area contributed by atoms with Crippen LogP contribution in [0.15, 0.2) is 61.4 Å². The molecule has 152 valence electrons. The number of aryl methyl sites for hydroxylation is 1. The Hall–Kier alpha value is -3.32. The summed E-state index contributed by atoms with van der Waals surface area (Å²) in [5.41, 5.74) is 5.09. The SMILES string of the molecule is Cn1cc(-c2cccc(-c3ncc(-c4cnn([C@H]5CC[C@H](O)CC5)c4)cn3)c2)cn1. The quantitative estimate of drug-likeness (QED) is 0.562. The first-order valence-electron chi connectivity index (χ1n) is 10.3. The molecule has 0 spiro atoms. The predicted octanol–water partition coefficient (Wildman–Crippen LogP) is 3.88. The van der Waals surface area contributed by atoms with Crippen LogP contribution in [-0.4, -0.2) is 40.7 Å². The number of rotatable bonds is 4. The lowest BCUT2D eigenvalue weighted by Gasteiger charge is -2.25. The molecule has 1 fully saturated rings. The second-order valence-corrected chi connectivity index (χ2v) is 7.95. The Balaban J connectivity index is 1.35. The third-order valence-corrected chi connectivity index (χ3v) is 5.79. The predicted molar refractivity (Wildman–Crippen MR) is 114 cm³/mol. The molecule has 1 N–H and O–H groups in total. The molecular formula is C23H24N6O. The molecule has 0 atom stereocenters. The first-order valence-corrected chi connectivity index (χ1v) is 10.3. The van der Waals surface area contributed by atoms with Crippen molar-refractivity contribution in [3.63, 3.8) is 0 Å². The van der Waals surface area contributed by atoms with E-state index >= 15 is 0 Å². The van der Waals surface area contributed by atoms with E-state index in [0.29, 0.717) is 11.9 Å². The molecule has 0 radical (unpaired) electrons. The molecule has 0 bridgehead atoms. The Kier molecular flexibility index (Phi) is 4.88. The molecule has 0 amide bonds. The topological polar surface area (TPSA) is 81.7 Å². The van der Waals surface area contributed by atoms with E-state index in [4.69, 9.17) is 0 Å². The summed E-state index contributed by atoms with van der Waals surface area (Å²) in [6.07, 6.45) is 14.9. The van der Waals surface area contributed by atoms with Crippen LogP contribution in [0, 0.1) is 0 Å². The van der Waals surface area contributed by atoms with E-state index in [1.807, 2.05) is 54.8 Å². The maximum absolute atomic E-state index is 9.71. The van der Waals surface area contributed by atoms with Crippen molar-refractivity contribution in [2.75, 3.05) is 0 Å². The van der Waals surface area contributed by atoms with Crippen LogP contribution in [0.3, 0.4) is 0 Å². The van der Waals surface area contributed by atoms with Crippen molar-refractivity contribution < 1.29 is 5.11 Å². The molecular weight excluding hydrogens is 376 g/mol. The first kappa shape index (κ1) is 18.7. The van der Waals surface area contributed by atoms with Gasteiger partial charge in [-0.2, -0.15) is 10.2 Å². The molecule has 3 aromatic heterocycles. The first-order chi connectivity index (χ1) is 14.7. The summed E-state index contributed by atoms with van der Waals surface area (Å²) in [5, 5.41) is 18.5. The molecule has 5 rings (SSSR count). The molecule has 0 unspecified atom stereocenters. The Bertz CT molecular complexity index is 1140. The van der Waals surface area contributed by atoms with Crippen LogP contribution in [-0.2, 0) is 7.05 Å². The van der Waals surface area contributed by atoms with Crippen molar-refractivity contribution in [1.82, 2.24) is 29.5 Å². The fourth-order valence-corrected chi connectivity index (χ4v) is 4.04. The van der Waals surface area contributed by atoms with Gasteiger partial charge in [0.2, 0.25) is 0 Å². The normalized spacial score (nSPS) is 19.1. The molecule has 3 heterocycles. The van der Waals surface area contributed by atoms with Crippen molar-refractivity contribution in [1.29, 1.82) is 0 Å². The summed E-state index contributed by atoms with van der Waals surface area (Å²) in [4.78, 5) is 9.19. The number of hydrogen-bond acceptors (Lipinski definition) is 5. The van der Waals surface area contributed by atoms with Gasteiger partial charge >= 0.3 is 0 Å². The lowest BCUT2D eigenvalue weighted by atomic mass is 9.93. The zero-order chi connectivity index (χ0) is 20.5. The summed E-state index contributed by atoms with van der Waals surface area (Å²) >= 11 is 0. The molecule has 4 aromatic rings. The van der Waals surface area contributed by atoms with E-state index in [9.17, 15) is 5.11 Å². The number of aliphatic hydroxyl groups excluding tert-OH is 1. The van der Waals surface area contributed by atoms with Crippen LogP contribution in [0.25, 0.3) is 33.6 Å². The van der Waals surface area contributed by atoms with Gasteiger partial charge in [0, 0.05) is 54.1 Å². The van der Waals surface area contributed by atoms with Gasteiger partial charge in [-0.05, 0) is 37.3 Å². The Morgan fingerprint density at radius 3 is 2.23 bits per heavy atom. The number of hydrogen-bond donors (Lipinski definition) is 1. The minimum absolute atomic E-state index is 0.158. The Morgan fingerprint density at radius 2 is 1.50 bits per heavy atom. The van der Waals surface area contributed by atoms with Gasteiger partial charge in [0.1, 0.15) is 0 Å². The smallest absolute Gasteiger partial charge is 0.159 e. The van der Waals surface area contributed by atoms with Crippen LogP contribution in [0.1, 0.15) is 31.7 Å². The second-order valence-electron chi connectivity index (χ2n) is 7.95. The lowest BCUT2D eigenvalue weighted by molar-refractivity contribution is 0.108. The Morgan fingerprint density at radius 1 is 0.800 bits per heavy atom. The molecule has 7 heteroatoms. The van der Waals surface area contributed by atoms with Crippen LogP contribution < -0.4 is 0 Å². The summed E-state index contributed by atoms with van der Waals surface area (Å²) in [5.74, 6) is 0.693. The summed E-state index contributed by atoms with van der Waals surface area (Å²) < 4.78 is 3.81. The van der Waals surface area contributed by atoms with Crippen molar-refractivity contribution in [2.24, 2.45) is 7.05 Å². The van der Waals surface area contributed by atoms with Gasteiger partial charge < -0.3 is 5.11 Å². The van der Waals surface area contributed by atoms with E-state index in [1.54, 1.807) is 4.68 Å². The Labute approximate surface area is 175 Å². The van der Waals surface area contributed by atoms with E-state index < -0.39 is 0 Å². The monoisotopic (exact) mass is 400 g/mol. The van der Waals surface area contributed by atoms with E-state index in [0.717, 1.165) is 53.5 Å². The molecule has 0 aliphatic heterocycles. The van der Waals surface area contributed by atoms with Gasteiger partial charge in [0.05, 0.1) is 24.5 Å². The minimum Gasteiger partial charge on any atom is -0.393 e. The van der Waals surface area contributed by atoms with E-state index in [-0.39, 0.29) is 6.10 Å². The molecule has 1 aliphatic carbocycles. The molecule has 7 nitrogen and oxygen atoms in total. The third kappa shape index (κ3) is 3.76. The van der Waals surface area contributed by atoms with Crippen LogP contribution >= 0.6 is 0 Å². The highest BCUT2D eigenvalue weighted by molar-refractivity contribution is 5.70. The minimum atomic E-state index is -0.158. The van der Waals surface area contributed by atoms with E-state index in [2.05, 4.69) is 38.5 Å².